The summed E-state index contributed by atoms with van der Waals surface area (Å²) in [6, 6.07) is 12.2. The van der Waals surface area contributed by atoms with Crippen molar-refractivity contribution >= 4 is 29.0 Å². The third-order valence-electron chi connectivity index (χ3n) is 5.47. The Labute approximate surface area is 179 Å². The van der Waals surface area contributed by atoms with Crippen LogP contribution in [0.25, 0.3) is 0 Å². The molecule has 0 aliphatic carbocycles. The Morgan fingerprint density at radius 3 is 2.93 bits per heavy atom. The van der Waals surface area contributed by atoms with Crippen LogP contribution in [0.4, 0.5) is 0 Å². The average molecular weight is 426 g/mol. The van der Waals surface area contributed by atoms with Crippen LogP contribution in [-0.4, -0.2) is 41.9 Å². The van der Waals surface area contributed by atoms with Gasteiger partial charge in [-0.3, -0.25) is 14.6 Å². The van der Waals surface area contributed by atoms with Crippen LogP contribution in [0.3, 0.4) is 0 Å². The van der Waals surface area contributed by atoms with Crippen molar-refractivity contribution in [1.29, 1.82) is 5.26 Å². The normalized spacial score (nSPS) is 19.8. The summed E-state index contributed by atoms with van der Waals surface area (Å²) in [5.41, 5.74) is 2.98. The van der Waals surface area contributed by atoms with Gasteiger partial charge >= 0.3 is 0 Å². The fourth-order valence-corrected chi connectivity index (χ4v) is 5.88. The van der Waals surface area contributed by atoms with E-state index >= 15 is 0 Å². The van der Waals surface area contributed by atoms with Gasteiger partial charge in [0, 0.05) is 23.8 Å². The number of amides is 1. The number of nitriles is 1. The van der Waals surface area contributed by atoms with Gasteiger partial charge in [0.15, 0.2) is 0 Å². The minimum Gasteiger partial charge on any atom is -0.497 e. The van der Waals surface area contributed by atoms with Crippen LogP contribution in [0.5, 0.6) is 5.75 Å². The molecule has 7 heteroatoms. The van der Waals surface area contributed by atoms with Crippen molar-refractivity contribution in [1.82, 2.24) is 9.80 Å². The summed E-state index contributed by atoms with van der Waals surface area (Å²) in [6.07, 6.45) is 1.31. The first-order valence-corrected chi connectivity index (χ1v) is 11.4. The predicted molar refractivity (Wildman–Crippen MR) is 117 cm³/mol. The summed E-state index contributed by atoms with van der Waals surface area (Å²) in [7, 11) is 1.62. The summed E-state index contributed by atoms with van der Waals surface area (Å²) in [4.78, 5) is 18.5. The molecule has 2 aliphatic heterocycles. The molecule has 0 N–H and O–H groups in total. The minimum absolute atomic E-state index is 0.0799. The molecule has 2 aliphatic rings. The van der Waals surface area contributed by atoms with E-state index in [4.69, 9.17) is 4.74 Å². The third kappa shape index (κ3) is 4.06. The molecule has 1 aromatic heterocycles. The molecule has 150 valence electrons. The van der Waals surface area contributed by atoms with Gasteiger partial charge in [0.05, 0.1) is 36.3 Å². The lowest BCUT2D eigenvalue weighted by Gasteiger charge is -2.41. The summed E-state index contributed by atoms with van der Waals surface area (Å²) in [5, 5.41) is 12.8. The van der Waals surface area contributed by atoms with Crippen LogP contribution in [0, 0.1) is 18.3 Å². The Balaban J connectivity index is 1.53. The van der Waals surface area contributed by atoms with E-state index in [-0.39, 0.29) is 11.8 Å². The van der Waals surface area contributed by atoms with Crippen molar-refractivity contribution in [2.45, 2.75) is 25.7 Å². The molecule has 0 spiro atoms. The Morgan fingerprint density at radius 2 is 2.21 bits per heavy atom. The Hall–Kier alpha value is -2.27. The molecule has 29 heavy (non-hydrogen) atoms. The Bertz CT molecular complexity index is 992. The number of ether oxygens (including phenoxy) is 1. The molecule has 0 radical (unpaired) electrons. The van der Waals surface area contributed by atoms with Crippen LogP contribution in [0.15, 0.2) is 46.3 Å². The van der Waals surface area contributed by atoms with Crippen molar-refractivity contribution < 1.29 is 9.53 Å². The lowest BCUT2D eigenvalue weighted by Crippen LogP contribution is -2.47. The van der Waals surface area contributed by atoms with E-state index in [1.54, 1.807) is 35.1 Å². The van der Waals surface area contributed by atoms with Gasteiger partial charge in [0.25, 0.3) is 0 Å². The van der Waals surface area contributed by atoms with Gasteiger partial charge in [-0.2, -0.15) is 5.26 Å². The van der Waals surface area contributed by atoms with Crippen LogP contribution in [0.1, 0.15) is 28.3 Å². The second-order valence-corrected chi connectivity index (χ2v) is 9.21. The molecule has 3 heterocycles. The first-order chi connectivity index (χ1) is 14.1. The fraction of sp³-hybridized carbons (Fsp3) is 0.364. The van der Waals surface area contributed by atoms with Crippen LogP contribution in [0.2, 0.25) is 0 Å². The summed E-state index contributed by atoms with van der Waals surface area (Å²) < 4.78 is 5.32. The number of carbonyl (C=O) groups is 1. The number of thiophene rings is 1. The van der Waals surface area contributed by atoms with E-state index in [1.165, 1.54) is 10.4 Å². The maximum atomic E-state index is 13.0. The number of hydrogen-bond donors (Lipinski definition) is 0. The van der Waals surface area contributed by atoms with Gasteiger partial charge in [-0.1, -0.05) is 23.9 Å². The number of allylic oxidation sites excluding steroid dienone is 1. The molecule has 1 fully saturated rings. The topological polar surface area (TPSA) is 56.6 Å². The van der Waals surface area contributed by atoms with Gasteiger partial charge in [-0.15, -0.1) is 11.3 Å². The maximum absolute atomic E-state index is 13.0. The van der Waals surface area contributed by atoms with Crippen molar-refractivity contribution in [2.24, 2.45) is 0 Å². The molecule has 5 nitrogen and oxygen atoms in total. The first kappa shape index (κ1) is 20.0. The van der Waals surface area contributed by atoms with E-state index in [2.05, 4.69) is 29.3 Å². The number of aryl methyl sites for hydroxylation is 1. The fourth-order valence-electron chi connectivity index (χ4n) is 3.81. The second kappa shape index (κ2) is 8.62. The van der Waals surface area contributed by atoms with Crippen molar-refractivity contribution in [3.63, 3.8) is 0 Å². The number of benzene rings is 1. The minimum atomic E-state index is -0.207. The average Bonchev–Trinajstić information content (AvgIpc) is 3.17. The highest BCUT2D eigenvalue weighted by atomic mass is 32.2. The lowest BCUT2D eigenvalue weighted by molar-refractivity contribution is -0.131. The molecule has 1 atom stereocenters. The van der Waals surface area contributed by atoms with Gasteiger partial charge in [-0.05, 0) is 48.1 Å². The molecular formula is C22H23N3O2S2. The monoisotopic (exact) mass is 425 g/mol. The highest BCUT2D eigenvalue weighted by Gasteiger charge is 2.38. The highest BCUT2D eigenvalue weighted by molar-refractivity contribution is 8.03. The molecule has 0 unspecified atom stereocenters. The van der Waals surface area contributed by atoms with Crippen LogP contribution >= 0.6 is 23.1 Å². The summed E-state index contributed by atoms with van der Waals surface area (Å²) >= 11 is 3.39. The predicted octanol–water partition coefficient (Wildman–Crippen LogP) is 4.32. The Morgan fingerprint density at radius 1 is 1.34 bits per heavy atom. The van der Waals surface area contributed by atoms with E-state index in [0.717, 1.165) is 35.2 Å². The maximum Gasteiger partial charge on any atom is 0.229 e. The summed E-state index contributed by atoms with van der Waals surface area (Å²) in [5.74, 6) is 1.41. The number of carbonyl (C=O) groups excluding carboxylic acids is 1. The SMILES string of the molecule is COc1cccc([C@H]2CC(=O)N3CN(CCc4sccc4C)CSC3=C2C#N)c1. The number of thioether (sulfide) groups is 1. The zero-order valence-electron chi connectivity index (χ0n) is 16.6. The van der Waals surface area contributed by atoms with Gasteiger partial charge in [0.1, 0.15) is 5.75 Å². The summed E-state index contributed by atoms with van der Waals surface area (Å²) in [6.45, 7) is 3.61. The number of rotatable bonds is 5. The molecular weight excluding hydrogens is 402 g/mol. The van der Waals surface area contributed by atoms with Crippen molar-refractivity contribution in [3.8, 4) is 11.8 Å². The third-order valence-corrected chi connectivity index (χ3v) is 7.76. The number of hydrogen-bond acceptors (Lipinski definition) is 6. The molecule has 0 bridgehead atoms. The number of nitrogens with zero attached hydrogens (tertiary/aromatic N) is 3. The van der Waals surface area contributed by atoms with Crippen LogP contribution < -0.4 is 4.74 Å². The lowest BCUT2D eigenvalue weighted by atomic mass is 9.86. The van der Waals surface area contributed by atoms with E-state index < -0.39 is 0 Å². The standard InChI is InChI=1S/C22H23N3O2S2/c1-15-7-9-28-20(15)6-8-24-13-25-21(26)11-18(19(12-23)22(25)29-14-24)16-4-3-5-17(10-16)27-2/h3-5,7,9-10,18H,6,8,11,13-14H2,1-2H3/t18-/m1/s1. The quantitative estimate of drug-likeness (QED) is 0.714. The molecule has 1 aromatic carbocycles. The van der Waals surface area contributed by atoms with Gasteiger partial charge in [0.2, 0.25) is 5.91 Å². The van der Waals surface area contributed by atoms with Crippen molar-refractivity contribution in [2.75, 3.05) is 26.2 Å². The van der Waals surface area contributed by atoms with E-state index in [0.29, 0.717) is 18.7 Å². The highest BCUT2D eigenvalue weighted by Crippen LogP contribution is 2.43. The van der Waals surface area contributed by atoms with Gasteiger partial charge in [-0.25, -0.2) is 0 Å². The smallest absolute Gasteiger partial charge is 0.229 e. The zero-order chi connectivity index (χ0) is 20.4. The van der Waals surface area contributed by atoms with Crippen molar-refractivity contribution in [3.05, 3.63) is 62.3 Å². The molecule has 0 saturated carbocycles. The molecule has 1 amide bonds. The zero-order valence-corrected chi connectivity index (χ0v) is 18.2. The van der Waals surface area contributed by atoms with Gasteiger partial charge < -0.3 is 4.74 Å². The van der Waals surface area contributed by atoms with E-state index in [9.17, 15) is 10.1 Å². The number of methoxy groups -OCH3 is 1. The molecule has 2 aromatic rings. The largest absolute Gasteiger partial charge is 0.497 e. The molecule has 1 saturated heterocycles. The Kier molecular flexibility index (Phi) is 5.95. The van der Waals surface area contributed by atoms with Crippen LogP contribution in [-0.2, 0) is 11.2 Å². The second-order valence-electron chi connectivity index (χ2n) is 7.27. The number of fused-ring (bicyclic) bond motifs is 1. The first-order valence-electron chi connectivity index (χ1n) is 9.57. The van der Waals surface area contributed by atoms with E-state index in [1.807, 2.05) is 24.3 Å². The molecule has 4 rings (SSSR count).